The molecule has 0 unspecified atom stereocenters. The fourth-order valence-corrected chi connectivity index (χ4v) is 1.60. The van der Waals surface area contributed by atoms with Crippen LogP contribution in [0, 0.1) is 0 Å². The van der Waals surface area contributed by atoms with Crippen LogP contribution in [0.25, 0.3) is 0 Å². The largest absolute Gasteiger partial charge is 0.392 e. The second-order valence-corrected chi connectivity index (χ2v) is 4.42. The summed E-state index contributed by atoms with van der Waals surface area (Å²) in [4.78, 5) is 5.12. The van der Waals surface area contributed by atoms with E-state index in [-0.39, 0.29) is 0 Å². The third-order valence-electron chi connectivity index (χ3n) is 2.00. The molecule has 0 spiro atoms. The van der Waals surface area contributed by atoms with Gasteiger partial charge in [0.25, 0.3) is 0 Å². The van der Waals surface area contributed by atoms with Crippen LogP contribution in [0.5, 0.6) is 0 Å². The molecule has 0 heterocycles. The molecule has 0 aliphatic heterocycles. The maximum atomic E-state index is 5.53. The fourth-order valence-electron chi connectivity index (χ4n) is 1.42. The Bertz CT molecular complexity index is 159. The van der Waals surface area contributed by atoms with Crippen LogP contribution in [-0.2, 0) is 0 Å². The molecule has 0 aliphatic carbocycles. The van der Waals surface area contributed by atoms with Gasteiger partial charge in [-0.2, -0.15) is 0 Å². The molecule has 0 rings (SSSR count). The summed E-state index contributed by atoms with van der Waals surface area (Å²) < 4.78 is 0. The fraction of sp³-hybridized carbons (Fsp3) is 0.900. The lowest BCUT2D eigenvalue weighted by Gasteiger charge is -2.21. The van der Waals surface area contributed by atoms with Crippen molar-refractivity contribution in [1.82, 2.24) is 9.80 Å². The van der Waals surface area contributed by atoms with Gasteiger partial charge in [0.2, 0.25) is 0 Å². The summed E-state index contributed by atoms with van der Waals surface area (Å²) in [6.07, 6.45) is 2.33. The first-order valence-corrected chi connectivity index (χ1v) is 5.62. The lowest BCUT2D eigenvalue weighted by Crippen LogP contribution is -2.35. The Morgan fingerprint density at radius 3 is 2.29 bits per heavy atom. The molecule has 0 aromatic rings. The maximum absolute atomic E-state index is 5.53. The van der Waals surface area contributed by atoms with Crippen LogP contribution in [0.4, 0.5) is 0 Å². The Morgan fingerprint density at radius 2 is 1.86 bits per heavy atom. The molecule has 0 aliphatic rings. The molecular formula is C10H23N3S. The molecule has 0 amide bonds. The highest BCUT2D eigenvalue weighted by atomic mass is 32.1. The van der Waals surface area contributed by atoms with Gasteiger partial charge in [0.1, 0.15) is 0 Å². The number of hydrogen-bond donors (Lipinski definition) is 1. The van der Waals surface area contributed by atoms with Gasteiger partial charge >= 0.3 is 0 Å². The summed E-state index contributed by atoms with van der Waals surface area (Å²) in [7, 11) is 4.19. The summed E-state index contributed by atoms with van der Waals surface area (Å²) in [5, 5.41) is 0. The predicted octanol–water partition coefficient (Wildman–Crippen LogP) is 0.936. The lowest BCUT2D eigenvalue weighted by molar-refractivity contribution is 0.285. The average molecular weight is 217 g/mol. The highest BCUT2D eigenvalue weighted by Crippen LogP contribution is 1.95. The molecule has 14 heavy (non-hydrogen) atoms. The van der Waals surface area contributed by atoms with Crippen molar-refractivity contribution in [3.8, 4) is 0 Å². The van der Waals surface area contributed by atoms with E-state index in [0.29, 0.717) is 4.99 Å². The van der Waals surface area contributed by atoms with Crippen LogP contribution in [0.15, 0.2) is 0 Å². The quantitative estimate of drug-likeness (QED) is 0.613. The number of nitrogens with zero attached hydrogens (tertiary/aromatic N) is 2. The molecule has 0 bridgehead atoms. The summed E-state index contributed by atoms with van der Waals surface area (Å²) in [6, 6.07) is 0. The smallest absolute Gasteiger partial charge is 0.0870 e. The number of nitrogens with two attached hydrogens (primary N) is 1. The zero-order valence-electron chi connectivity index (χ0n) is 9.62. The third kappa shape index (κ3) is 8.41. The van der Waals surface area contributed by atoms with Crippen LogP contribution >= 0.6 is 12.2 Å². The molecule has 84 valence electrons. The lowest BCUT2D eigenvalue weighted by atomic mass is 10.3. The summed E-state index contributed by atoms with van der Waals surface area (Å²) >= 11 is 4.91. The van der Waals surface area contributed by atoms with Crippen LogP contribution in [0.3, 0.4) is 0 Å². The minimum Gasteiger partial charge on any atom is -0.392 e. The van der Waals surface area contributed by atoms with Crippen molar-refractivity contribution in [2.45, 2.75) is 19.8 Å². The summed E-state index contributed by atoms with van der Waals surface area (Å²) in [5.41, 5.74) is 5.53. The molecule has 2 N–H and O–H groups in total. The molecular weight excluding hydrogens is 194 g/mol. The number of hydrogen-bond acceptors (Lipinski definition) is 3. The Hall–Kier alpha value is -0.190. The van der Waals surface area contributed by atoms with E-state index >= 15 is 0 Å². The van der Waals surface area contributed by atoms with Gasteiger partial charge in [-0.25, -0.2) is 0 Å². The zero-order chi connectivity index (χ0) is 11.0. The van der Waals surface area contributed by atoms with Crippen molar-refractivity contribution in [1.29, 1.82) is 0 Å². The Morgan fingerprint density at radius 1 is 1.21 bits per heavy atom. The van der Waals surface area contributed by atoms with Crippen molar-refractivity contribution in [3.63, 3.8) is 0 Å². The van der Waals surface area contributed by atoms with Gasteiger partial charge in [-0.05, 0) is 46.6 Å². The topological polar surface area (TPSA) is 32.5 Å². The Labute approximate surface area is 93.2 Å². The first kappa shape index (κ1) is 13.8. The van der Waals surface area contributed by atoms with Crippen LogP contribution in [0.1, 0.15) is 19.8 Å². The minimum atomic E-state index is 0.600. The van der Waals surface area contributed by atoms with Gasteiger partial charge in [0.15, 0.2) is 0 Å². The van der Waals surface area contributed by atoms with Crippen molar-refractivity contribution in [3.05, 3.63) is 0 Å². The SMILES string of the molecule is CCCN(CCCN(C)C)CC(N)=S. The van der Waals surface area contributed by atoms with E-state index in [4.69, 9.17) is 18.0 Å². The summed E-state index contributed by atoms with van der Waals surface area (Å²) in [6.45, 7) is 6.24. The molecule has 0 aromatic heterocycles. The van der Waals surface area contributed by atoms with E-state index in [1.165, 1.54) is 6.42 Å². The first-order chi connectivity index (χ1) is 6.56. The van der Waals surface area contributed by atoms with E-state index in [2.05, 4.69) is 30.8 Å². The van der Waals surface area contributed by atoms with E-state index in [1.54, 1.807) is 0 Å². The van der Waals surface area contributed by atoms with Crippen LogP contribution in [-0.4, -0.2) is 55.1 Å². The molecule has 0 fully saturated rings. The predicted molar refractivity (Wildman–Crippen MR) is 66.7 cm³/mol. The average Bonchev–Trinajstić information content (AvgIpc) is 2.02. The molecule has 0 aromatic carbocycles. The van der Waals surface area contributed by atoms with Crippen molar-refractivity contribution >= 4 is 17.2 Å². The van der Waals surface area contributed by atoms with E-state index in [0.717, 1.165) is 32.6 Å². The second kappa shape index (κ2) is 8.15. The Balaban J connectivity index is 3.67. The van der Waals surface area contributed by atoms with Crippen LogP contribution < -0.4 is 5.73 Å². The molecule has 3 nitrogen and oxygen atoms in total. The molecule has 4 heteroatoms. The molecule has 0 radical (unpaired) electrons. The van der Waals surface area contributed by atoms with Crippen LogP contribution in [0.2, 0.25) is 0 Å². The number of rotatable bonds is 8. The van der Waals surface area contributed by atoms with Gasteiger partial charge in [0, 0.05) is 6.54 Å². The summed E-state index contributed by atoms with van der Waals surface area (Å²) in [5.74, 6) is 0. The third-order valence-corrected chi connectivity index (χ3v) is 2.13. The van der Waals surface area contributed by atoms with Gasteiger partial charge in [-0.1, -0.05) is 19.1 Å². The first-order valence-electron chi connectivity index (χ1n) is 5.21. The maximum Gasteiger partial charge on any atom is 0.0870 e. The van der Waals surface area contributed by atoms with Crippen molar-refractivity contribution in [2.75, 3.05) is 40.3 Å². The van der Waals surface area contributed by atoms with Gasteiger partial charge < -0.3 is 10.6 Å². The van der Waals surface area contributed by atoms with Gasteiger partial charge in [-0.3, -0.25) is 4.90 Å². The Kier molecular flexibility index (Phi) is 8.04. The van der Waals surface area contributed by atoms with E-state index < -0.39 is 0 Å². The monoisotopic (exact) mass is 217 g/mol. The second-order valence-electron chi connectivity index (χ2n) is 3.90. The molecule has 0 atom stereocenters. The number of thiocarbonyl (C=S) groups is 1. The van der Waals surface area contributed by atoms with Crippen molar-refractivity contribution in [2.24, 2.45) is 5.73 Å². The highest BCUT2D eigenvalue weighted by molar-refractivity contribution is 7.80. The minimum absolute atomic E-state index is 0.600. The standard InChI is InChI=1S/C10H23N3S/c1-4-6-13(9-10(11)14)8-5-7-12(2)3/h4-9H2,1-3H3,(H2,11,14). The van der Waals surface area contributed by atoms with Crippen molar-refractivity contribution < 1.29 is 0 Å². The normalized spacial score (nSPS) is 11.2. The zero-order valence-corrected chi connectivity index (χ0v) is 10.4. The molecule has 0 saturated heterocycles. The van der Waals surface area contributed by atoms with Gasteiger partial charge in [-0.15, -0.1) is 0 Å². The van der Waals surface area contributed by atoms with E-state index in [9.17, 15) is 0 Å². The highest BCUT2D eigenvalue weighted by Gasteiger charge is 2.04. The van der Waals surface area contributed by atoms with E-state index in [1.807, 2.05) is 0 Å². The molecule has 0 saturated carbocycles. The van der Waals surface area contributed by atoms with Gasteiger partial charge in [0.05, 0.1) is 4.99 Å².